The summed E-state index contributed by atoms with van der Waals surface area (Å²) in [5, 5.41) is 12.5. The molecule has 1 aromatic carbocycles. The van der Waals surface area contributed by atoms with Crippen LogP contribution in [0.15, 0.2) is 18.2 Å². The molecule has 1 aliphatic rings. The van der Waals surface area contributed by atoms with Crippen LogP contribution >= 0.6 is 0 Å². The Morgan fingerprint density at radius 1 is 1.37 bits per heavy atom. The summed E-state index contributed by atoms with van der Waals surface area (Å²) in [4.78, 5) is 11.6. The van der Waals surface area contributed by atoms with Crippen LogP contribution in [-0.2, 0) is 10.2 Å². The topological polar surface area (TPSA) is 67.8 Å². The maximum Gasteiger partial charge on any atom is 0.313 e. The number of carboxylic acids is 1. The fraction of sp³-hybridized carbons (Fsp3) is 0.500. The van der Waals surface area contributed by atoms with E-state index < -0.39 is 11.4 Å². The van der Waals surface area contributed by atoms with Crippen LogP contribution < -0.4 is 14.8 Å². The van der Waals surface area contributed by atoms with Crippen LogP contribution in [0.3, 0.4) is 0 Å². The summed E-state index contributed by atoms with van der Waals surface area (Å²) in [7, 11) is 1.81. The Balaban J connectivity index is 2.34. The minimum atomic E-state index is -0.932. The standard InChI is InChI=1S/C14H19NO4/c1-14(13(16)17,5-6-15-2)10-3-4-11-12(9-10)19-8-7-18-11/h3-4,9,15H,5-8H2,1-2H3,(H,16,17). The number of aliphatic carboxylic acids is 1. The number of hydrogen-bond acceptors (Lipinski definition) is 4. The third kappa shape index (κ3) is 2.66. The van der Waals surface area contributed by atoms with Gasteiger partial charge in [0.25, 0.3) is 0 Å². The van der Waals surface area contributed by atoms with E-state index in [-0.39, 0.29) is 0 Å². The maximum absolute atomic E-state index is 11.6. The predicted molar refractivity (Wildman–Crippen MR) is 71.0 cm³/mol. The number of hydrogen-bond donors (Lipinski definition) is 2. The second kappa shape index (κ2) is 5.48. The van der Waals surface area contributed by atoms with Gasteiger partial charge >= 0.3 is 5.97 Å². The molecule has 0 spiro atoms. The number of carbonyl (C=O) groups is 1. The second-order valence-electron chi connectivity index (χ2n) is 4.85. The van der Waals surface area contributed by atoms with Crippen LogP contribution in [0.1, 0.15) is 18.9 Å². The zero-order valence-corrected chi connectivity index (χ0v) is 11.2. The molecule has 0 radical (unpaired) electrons. The molecular formula is C14H19NO4. The lowest BCUT2D eigenvalue weighted by atomic mass is 9.79. The third-order valence-corrected chi connectivity index (χ3v) is 3.53. The molecule has 19 heavy (non-hydrogen) atoms. The lowest BCUT2D eigenvalue weighted by Gasteiger charge is -2.27. The highest BCUT2D eigenvalue weighted by atomic mass is 16.6. The van der Waals surface area contributed by atoms with Gasteiger partial charge in [-0.1, -0.05) is 6.07 Å². The molecule has 1 unspecified atom stereocenters. The minimum Gasteiger partial charge on any atom is -0.486 e. The van der Waals surface area contributed by atoms with Crippen LogP contribution in [0.4, 0.5) is 0 Å². The zero-order valence-electron chi connectivity index (χ0n) is 11.2. The Labute approximate surface area is 112 Å². The highest BCUT2D eigenvalue weighted by molar-refractivity contribution is 5.81. The fourth-order valence-corrected chi connectivity index (χ4v) is 2.14. The van der Waals surface area contributed by atoms with Gasteiger partial charge in [0.2, 0.25) is 0 Å². The van der Waals surface area contributed by atoms with E-state index in [9.17, 15) is 9.90 Å². The quantitative estimate of drug-likeness (QED) is 0.842. The van der Waals surface area contributed by atoms with Crippen LogP contribution in [0, 0.1) is 0 Å². The number of ether oxygens (including phenoxy) is 2. The third-order valence-electron chi connectivity index (χ3n) is 3.53. The molecule has 0 bridgehead atoms. The van der Waals surface area contributed by atoms with Gasteiger partial charge in [0.1, 0.15) is 13.2 Å². The first kappa shape index (κ1) is 13.7. The molecule has 0 saturated carbocycles. The molecule has 0 aliphatic carbocycles. The number of benzene rings is 1. The molecule has 104 valence electrons. The van der Waals surface area contributed by atoms with Gasteiger partial charge in [0.05, 0.1) is 5.41 Å². The first-order valence-electron chi connectivity index (χ1n) is 6.36. The van der Waals surface area contributed by atoms with Crippen molar-refractivity contribution in [3.8, 4) is 11.5 Å². The van der Waals surface area contributed by atoms with E-state index in [1.54, 1.807) is 25.1 Å². The normalized spacial score (nSPS) is 16.7. The van der Waals surface area contributed by atoms with Gasteiger partial charge in [-0.05, 0) is 44.6 Å². The molecule has 0 saturated heterocycles. The van der Waals surface area contributed by atoms with E-state index in [1.807, 2.05) is 7.05 Å². The van der Waals surface area contributed by atoms with Crippen LogP contribution in [0.2, 0.25) is 0 Å². The number of carboxylic acid groups (broad SMARTS) is 1. The van der Waals surface area contributed by atoms with E-state index >= 15 is 0 Å². The van der Waals surface area contributed by atoms with Crippen molar-refractivity contribution in [1.82, 2.24) is 5.32 Å². The van der Waals surface area contributed by atoms with Crippen LogP contribution in [0.5, 0.6) is 11.5 Å². The minimum absolute atomic E-state index is 0.497. The van der Waals surface area contributed by atoms with Gasteiger partial charge in [-0.2, -0.15) is 0 Å². The summed E-state index contributed by atoms with van der Waals surface area (Å²) < 4.78 is 11.0. The Hall–Kier alpha value is -1.75. The van der Waals surface area contributed by atoms with E-state index in [2.05, 4.69) is 5.32 Å². The van der Waals surface area contributed by atoms with Gasteiger partial charge in [-0.25, -0.2) is 0 Å². The molecule has 0 fully saturated rings. The summed E-state index contributed by atoms with van der Waals surface area (Å²) in [5.74, 6) is 0.469. The Morgan fingerprint density at radius 3 is 2.68 bits per heavy atom. The van der Waals surface area contributed by atoms with Gasteiger partial charge in [-0.15, -0.1) is 0 Å². The SMILES string of the molecule is CNCCC(C)(C(=O)O)c1ccc2c(c1)OCCO2. The largest absolute Gasteiger partial charge is 0.486 e. The lowest BCUT2D eigenvalue weighted by molar-refractivity contribution is -0.143. The summed E-state index contributed by atoms with van der Waals surface area (Å²) in [6.07, 6.45) is 0.512. The summed E-state index contributed by atoms with van der Waals surface area (Å²) in [5.41, 5.74) is -0.196. The molecule has 1 atom stereocenters. The highest BCUT2D eigenvalue weighted by Gasteiger charge is 2.35. The number of fused-ring (bicyclic) bond motifs is 1. The molecule has 0 amide bonds. The Kier molecular flexibility index (Phi) is 3.95. The first-order valence-corrected chi connectivity index (χ1v) is 6.36. The van der Waals surface area contributed by atoms with E-state index in [0.717, 1.165) is 5.56 Å². The number of nitrogens with one attached hydrogen (secondary N) is 1. The van der Waals surface area contributed by atoms with Crippen molar-refractivity contribution in [1.29, 1.82) is 0 Å². The van der Waals surface area contributed by atoms with Crippen molar-refractivity contribution in [2.24, 2.45) is 0 Å². The van der Waals surface area contributed by atoms with Crippen molar-refractivity contribution < 1.29 is 19.4 Å². The van der Waals surface area contributed by atoms with Crippen molar-refractivity contribution >= 4 is 5.97 Å². The van der Waals surface area contributed by atoms with Gasteiger partial charge in [-0.3, -0.25) is 4.79 Å². The highest BCUT2D eigenvalue weighted by Crippen LogP contribution is 2.36. The fourth-order valence-electron chi connectivity index (χ4n) is 2.14. The molecule has 2 rings (SSSR count). The van der Waals surface area contributed by atoms with Crippen molar-refractivity contribution in [2.45, 2.75) is 18.8 Å². The molecule has 5 heteroatoms. The van der Waals surface area contributed by atoms with E-state index in [4.69, 9.17) is 9.47 Å². The molecule has 2 N–H and O–H groups in total. The van der Waals surface area contributed by atoms with Crippen molar-refractivity contribution in [3.05, 3.63) is 23.8 Å². The van der Waals surface area contributed by atoms with E-state index in [0.29, 0.717) is 37.7 Å². The first-order chi connectivity index (χ1) is 9.08. The van der Waals surface area contributed by atoms with Gasteiger partial charge < -0.3 is 19.9 Å². The van der Waals surface area contributed by atoms with Crippen molar-refractivity contribution in [3.63, 3.8) is 0 Å². The zero-order chi connectivity index (χ0) is 13.9. The molecule has 1 aliphatic heterocycles. The van der Waals surface area contributed by atoms with Crippen molar-refractivity contribution in [2.75, 3.05) is 26.8 Å². The molecule has 0 aromatic heterocycles. The van der Waals surface area contributed by atoms with Gasteiger partial charge in [0.15, 0.2) is 11.5 Å². The summed E-state index contributed by atoms with van der Waals surface area (Å²) >= 11 is 0. The second-order valence-corrected chi connectivity index (χ2v) is 4.85. The molecular weight excluding hydrogens is 246 g/mol. The van der Waals surface area contributed by atoms with E-state index in [1.165, 1.54) is 0 Å². The predicted octanol–water partition coefficient (Wildman–Crippen LogP) is 1.41. The smallest absolute Gasteiger partial charge is 0.313 e. The lowest BCUT2D eigenvalue weighted by Crippen LogP contribution is -2.35. The molecule has 1 aromatic rings. The molecule has 1 heterocycles. The summed E-state index contributed by atoms with van der Waals surface area (Å²) in [6, 6.07) is 5.36. The average molecular weight is 265 g/mol. The van der Waals surface area contributed by atoms with Crippen LogP contribution in [-0.4, -0.2) is 37.9 Å². The van der Waals surface area contributed by atoms with Gasteiger partial charge in [0, 0.05) is 0 Å². The number of rotatable bonds is 5. The monoisotopic (exact) mass is 265 g/mol. The maximum atomic E-state index is 11.6. The van der Waals surface area contributed by atoms with Crippen LogP contribution in [0.25, 0.3) is 0 Å². The Bertz CT molecular complexity index is 475. The average Bonchev–Trinajstić information content (AvgIpc) is 2.44. The Morgan fingerprint density at radius 2 is 2.05 bits per heavy atom. The summed E-state index contributed by atoms with van der Waals surface area (Å²) in [6.45, 7) is 3.40. The molecule has 5 nitrogen and oxygen atoms in total.